The van der Waals surface area contributed by atoms with Crippen LogP contribution in [0.1, 0.15) is 116 Å². The van der Waals surface area contributed by atoms with Gasteiger partial charge in [0.1, 0.15) is 0 Å². The average Bonchev–Trinajstić information content (AvgIpc) is 2.71. The van der Waals surface area contributed by atoms with E-state index in [0.29, 0.717) is 17.8 Å². The molecule has 1 aromatic heterocycles. The van der Waals surface area contributed by atoms with E-state index in [9.17, 15) is 0 Å². The summed E-state index contributed by atoms with van der Waals surface area (Å²) in [5.41, 5.74) is 9.59. The van der Waals surface area contributed by atoms with Crippen molar-refractivity contribution in [2.24, 2.45) is 0 Å². The van der Waals surface area contributed by atoms with E-state index in [1.165, 1.54) is 27.9 Å². The Kier molecular flexibility index (Phi) is 11.9. The highest BCUT2D eigenvalue weighted by Gasteiger charge is 2.21. The van der Waals surface area contributed by atoms with Crippen LogP contribution in [-0.2, 0) is 6.16 Å². The van der Waals surface area contributed by atoms with Crippen LogP contribution in [-0.4, -0.2) is 16.3 Å². The summed E-state index contributed by atoms with van der Waals surface area (Å²) in [6, 6.07) is 11.5. The summed E-state index contributed by atoms with van der Waals surface area (Å²) in [6.07, 6.45) is 2.87. The molecule has 0 N–H and O–H groups in total. The SMILES string of the molecule is C=CC.CC(C)c1cc(C(C)C)c(-c2cccc(CP(C(C)C)C(C)C)n2)c(C(C)C)c1. The number of pyridine rings is 1. The maximum absolute atomic E-state index is 5.22. The molecule has 0 amide bonds. The highest BCUT2D eigenvalue weighted by Crippen LogP contribution is 2.49. The second kappa shape index (κ2) is 13.3. The van der Waals surface area contributed by atoms with E-state index in [2.05, 4.69) is 106 Å². The molecule has 1 heterocycles. The lowest BCUT2D eigenvalue weighted by molar-refractivity contribution is 0.806. The monoisotopic (exact) mass is 453 g/mol. The van der Waals surface area contributed by atoms with Crippen LogP contribution < -0.4 is 0 Å². The summed E-state index contributed by atoms with van der Waals surface area (Å²) in [5.74, 6) is 1.50. The molecule has 0 aliphatic rings. The van der Waals surface area contributed by atoms with Crippen molar-refractivity contribution < 1.29 is 0 Å². The van der Waals surface area contributed by atoms with E-state index in [4.69, 9.17) is 4.98 Å². The second-order valence-corrected chi connectivity index (χ2v) is 13.7. The van der Waals surface area contributed by atoms with Crippen molar-refractivity contribution in [1.82, 2.24) is 4.98 Å². The van der Waals surface area contributed by atoms with Gasteiger partial charge < -0.3 is 0 Å². The van der Waals surface area contributed by atoms with Crippen molar-refractivity contribution in [3.05, 3.63) is 65.4 Å². The molecule has 1 aromatic carbocycles. The Hall–Kier alpha value is -1.46. The number of hydrogen-bond acceptors (Lipinski definition) is 1. The molecule has 0 aliphatic carbocycles. The van der Waals surface area contributed by atoms with Gasteiger partial charge in [-0.3, -0.25) is 4.98 Å². The van der Waals surface area contributed by atoms with Gasteiger partial charge in [0.25, 0.3) is 0 Å². The van der Waals surface area contributed by atoms with Crippen LogP contribution in [0, 0.1) is 0 Å². The maximum Gasteiger partial charge on any atom is 0.0711 e. The molecule has 178 valence electrons. The maximum atomic E-state index is 5.22. The zero-order valence-electron chi connectivity index (χ0n) is 22.7. The second-order valence-electron chi connectivity index (χ2n) is 10.3. The van der Waals surface area contributed by atoms with E-state index in [-0.39, 0.29) is 7.92 Å². The number of benzene rings is 1. The molecule has 0 saturated heterocycles. The van der Waals surface area contributed by atoms with E-state index in [1.54, 1.807) is 6.08 Å². The molecular weight excluding hydrogens is 405 g/mol. The lowest BCUT2D eigenvalue weighted by Gasteiger charge is -2.26. The highest BCUT2D eigenvalue weighted by molar-refractivity contribution is 7.58. The smallest absolute Gasteiger partial charge is 0.0711 e. The van der Waals surface area contributed by atoms with Crippen LogP contribution in [0.25, 0.3) is 11.3 Å². The van der Waals surface area contributed by atoms with E-state index >= 15 is 0 Å². The van der Waals surface area contributed by atoms with Crippen LogP contribution >= 0.6 is 7.92 Å². The molecular formula is C30H48NP. The first-order chi connectivity index (χ1) is 14.9. The Bertz CT molecular complexity index is 809. The highest BCUT2D eigenvalue weighted by atomic mass is 31.1. The number of hydrogen-bond donors (Lipinski definition) is 0. The molecule has 32 heavy (non-hydrogen) atoms. The van der Waals surface area contributed by atoms with Crippen molar-refractivity contribution in [2.45, 2.75) is 111 Å². The Morgan fingerprint density at radius 1 is 0.812 bits per heavy atom. The minimum atomic E-state index is -0.0527. The molecule has 2 heteroatoms. The minimum absolute atomic E-state index is 0.0527. The molecule has 0 unspecified atom stereocenters. The summed E-state index contributed by atoms with van der Waals surface area (Å²) in [4.78, 5) is 5.22. The van der Waals surface area contributed by atoms with E-state index in [1.807, 2.05) is 6.92 Å². The molecule has 1 nitrogen and oxygen atoms in total. The Labute approximate surface area is 200 Å². The summed E-state index contributed by atoms with van der Waals surface area (Å²) < 4.78 is 0. The van der Waals surface area contributed by atoms with Crippen molar-refractivity contribution in [3.8, 4) is 11.3 Å². The van der Waals surface area contributed by atoms with Crippen molar-refractivity contribution >= 4 is 7.92 Å². The van der Waals surface area contributed by atoms with Gasteiger partial charge in [0.05, 0.1) is 5.69 Å². The number of rotatable bonds is 8. The summed E-state index contributed by atoms with van der Waals surface area (Å²) >= 11 is 0. The molecule has 2 aromatic rings. The lowest BCUT2D eigenvalue weighted by Crippen LogP contribution is -2.08. The number of allylic oxidation sites excluding steroid dienone is 1. The first-order valence-corrected chi connectivity index (χ1v) is 14.1. The summed E-state index contributed by atoms with van der Waals surface area (Å²) in [7, 11) is -0.0527. The van der Waals surface area contributed by atoms with Crippen LogP contribution in [0.3, 0.4) is 0 Å². The molecule has 0 bridgehead atoms. The zero-order chi connectivity index (χ0) is 24.6. The summed E-state index contributed by atoms with van der Waals surface area (Å²) in [5, 5.41) is 0. The van der Waals surface area contributed by atoms with Crippen LogP contribution in [0.15, 0.2) is 43.0 Å². The fourth-order valence-corrected chi connectivity index (χ4v) is 6.58. The fourth-order valence-electron chi connectivity index (χ4n) is 4.11. The average molecular weight is 454 g/mol. The molecule has 0 aliphatic heterocycles. The largest absolute Gasteiger partial charge is 0.252 e. The molecule has 2 rings (SSSR count). The minimum Gasteiger partial charge on any atom is -0.252 e. The lowest BCUT2D eigenvalue weighted by atomic mass is 9.83. The first kappa shape index (κ1) is 28.6. The standard InChI is InChI=1S/C27H42NP.C3H6/c1-17(2)22-14-24(18(3)4)27(25(15-22)19(5)6)26-13-11-12-23(28-26)16-29(20(7)8)21(9)10;1-3-2/h11-15,17-21H,16H2,1-10H3;3H,1H2,2H3. The van der Waals surface area contributed by atoms with Gasteiger partial charge in [-0.25, -0.2) is 0 Å². The van der Waals surface area contributed by atoms with Gasteiger partial charge in [-0.2, -0.15) is 0 Å². The topological polar surface area (TPSA) is 12.9 Å². The Morgan fingerprint density at radius 3 is 1.66 bits per heavy atom. The molecule has 0 spiro atoms. The van der Waals surface area contributed by atoms with Gasteiger partial charge >= 0.3 is 0 Å². The third-order valence-electron chi connectivity index (χ3n) is 5.87. The molecule has 0 saturated carbocycles. The van der Waals surface area contributed by atoms with E-state index in [0.717, 1.165) is 23.2 Å². The predicted octanol–water partition coefficient (Wildman–Crippen LogP) is 10.1. The van der Waals surface area contributed by atoms with Gasteiger partial charge in [-0.05, 0) is 64.8 Å². The van der Waals surface area contributed by atoms with Crippen molar-refractivity contribution in [2.75, 3.05) is 0 Å². The normalized spacial score (nSPS) is 11.7. The third-order valence-corrected chi connectivity index (χ3v) is 9.21. The molecule has 0 fully saturated rings. The van der Waals surface area contributed by atoms with Gasteiger partial charge in [0.15, 0.2) is 0 Å². The predicted molar refractivity (Wildman–Crippen MR) is 149 cm³/mol. The van der Waals surface area contributed by atoms with E-state index < -0.39 is 0 Å². The fraction of sp³-hybridized carbons (Fsp3) is 0.567. The van der Waals surface area contributed by atoms with Crippen LogP contribution in [0.2, 0.25) is 0 Å². The quantitative estimate of drug-likeness (QED) is 0.286. The zero-order valence-corrected chi connectivity index (χ0v) is 23.6. The van der Waals surface area contributed by atoms with Gasteiger partial charge in [0.2, 0.25) is 0 Å². The third kappa shape index (κ3) is 7.84. The number of nitrogens with zero attached hydrogens (tertiary/aromatic N) is 1. The van der Waals surface area contributed by atoms with Gasteiger partial charge in [0, 0.05) is 17.4 Å². The van der Waals surface area contributed by atoms with Crippen LogP contribution in [0.4, 0.5) is 0 Å². The molecule has 0 radical (unpaired) electrons. The number of aromatic nitrogens is 1. The van der Waals surface area contributed by atoms with Crippen LogP contribution in [0.5, 0.6) is 0 Å². The van der Waals surface area contributed by atoms with Crippen molar-refractivity contribution in [1.29, 1.82) is 0 Å². The first-order valence-electron chi connectivity index (χ1n) is 12.4. The van der Waals surface area contributed by atoms with Gasteiger partial charge in [-0.1, -0.05) is 101 Å². The summed E-state index contributed by atoms with van der Waals surface area (Å²) in [6.45, 7) is 28.6. The Morgan fingerprint density at radius 2 is 1.28 bits per heavy atom. The Balaban J connectivity index is 0.00000161. The molecule has 0 atom stereocenters. The van der Waals surface area contributed by atoms with Crippen molar-refractivity contribution in [3.63, 3.8) is 0 Å². The van der Waals surface area contributed by atoms with Gasteiger partial charge in [-0.15, -0.1) is 6.58 Å².